The van der Waals surface area contributed by atoms with Gasteiger partial charge in [0.15, 0.2) is 5.78 Å². The van der Waals surface area contributed by atoms with Crippen molar-refractivity contribution in [3.63, 3.8) is 0 Å². The number of benzene rings is 1. The van der Waals surface area contributed by atoms with Crippen LogP contribution in [0, 0.1) is 10.1 Å². The lowest BCUT2D eigenvalue weighted by molar-refractivity contribution is -0.400. The SMILES string of the molecule is COc1ccc(OCC(C)=O)c(/C=C/[N+](=O)[O-])c1. The molecular weight excluding hydrogens is 238 g/mol. The molecule has 0 N–H and O–H groups in total. The Morgan fingerprint density at radius 2 is 2.22 bits per heavy atom. The van der Waals surface area contributed by atoms with E-state index >= 15 is 0 Å². The van der Waals surface area contributed by atoms with Crippen LogP contribution in [0.4, 0.5) is 0 Å². The van der Waals surface area contributed by atoms with Gasteiger partial charge in [0, 0.05) is 11.6 Å². The summed E-state index contributed by atoms with van der Waals surface area (Å²) in [6.07, 6.45) is 2.09. The van der Waals surface area contributed by atoms with E-state index in [4.69, 9.17) is 9.47 Å². The number of hydrogen-bond acceptors (Lipinski definition) is 5. The average Bonchev–Trinajstić information content (AvgIpc) is 2.34. The standard InChI is InChI=1S/C12H13NO5/c1-9(14)8-18-12-4-3-11(17-2)7-10(12)5-6-13(15)16/h3-7H,8H2,1-2H3/b6-5+. The van der Waals surface area contributed by atoms with Crippen molar-refractivity contribution in [2.75, 3.05) is 13.7 Å². The summed E-state index contributed by atoms with van der Waals surface area (Å²) in [7, 11) is 1.49. The molecule has 1 aromatic carbocycles. The number of nitro groups is 1. The Kier molecular flexibility index (Phi) is 4.86. The van der Waals surface area contributed by atoms with E-state index in [1.807, 2.05) is 0 Å². The lowest BCUT2D eigenvalue weighted by Gasteiger charge is -2.08. The van der Waals surface area contributed by atoms with E-state index in [0.717, 1.165) is 6.20 Å². The number of rotatable bonds is 6. The molecule has 1 rings (SSSR count). The number of ketones is 1. The second-order valence-electron chi connectivity index (χ2n) is 3.50. The van der Waals surface area contributed by atoms with Gasteiger partial charge >= 0.3 is 0 Å². The summed E-state index contributed by atoms with van der Waals surface area (Å²) >= 11 is 0. The molecule has 0 bridgehead atoms. The van der Waals surface area contributed by atoms with E-state index in [1.165, 1.54) is 20.1 Å². The van der Waals surface area contributed by atoms with Crippen LogP contribution in [0.5, 0.6) is 11.5 Å². The zero-order chi connectivity index (χ0) is 13.5. The first-order valence-electron chi connectivity index (χ1n) is 5.15. The topological polar surface area (TPSA) is 78.7 Å². The van der Waals surface area contributed by atoms with Gasteiger partial charge in [-0.15, -0.1) is 0 Å². The number of hydrogen-bond donors (Lipinski definition) is 0. The van der Waals surface area contributed by atoms with E-state index in [1.54, 1.807) is 18.2 Å². The van der Waals surface area contributed by atoms with E-state index < -0.39 is 4.92 Å². The largest absolute Gasteiger partial charge is 0.497 e. The number of methoxy groups -OCH3 is 1. The van der Waals surface area contributed by atoms with Crippen molar-refractivity contribution in [2.24, 2.45) is 0 Å². The van der Waals surface area contributed by atoms with E-state index in [2.05, 4.69) is 0 Å². The van der Waals surface area contributed by atoms with Crippen molar-refractivity contribution in [2.45, 2.75) is 6.92 Å². The third-order valence-electron chi connectivity index (χ3n) is 2.02. The van der Waals surface area contributed by atoms with Gasteiger partial charge in [-0.05, 0) is 25.1 Å². The van der Waals surface area contributed by atoms with Crippen LogP contribution in [0.2, 0.25) is 0 Å². The van der Waals surface area contributed by atoms with Crippen LogP contribution in [-0.2, 0) is 4.79 Å². The maximum atomic E-state index is 10.8. The quantitative estimate of drug-likeness (QED) is 0.570. The Morgan fingerprint density at radius 3 is 2.78 bits per heavy atom. The predicted octanol–water partition coefficient (Wildman–Crippen LogP) is 1.91. The van der Waals surface area contributed by atoms with Crippen LogP contribution in [0.3, 0.4) is 0 Å². The number of carbonyl (C=O) groups is 1. The molecule has 0 aromatic heterocycles. The van der Waals surface area contributed by atoms with Crippen LogP contribution in [0.15, 0.2) is 24.4 Å². The summed E-state index contributed by atoms with van der Waals surface area (Å²) in [5.41, 5.74) is 0.479. The van der Waals surface area contributed by atoms with Crippen molar-refractivity contribution in [3.05, 3.63) is 40.1 Å². The maximum Gasteiger partial charge on any atom is 0.235 e. The molecule has 0 atom stereocenters. The minimum absolute atomic E-state index is 0.0777. The molecule has 6 nitrogen and oxygen atoms in total. The first kappa shape index (κ1) is 13.7. The third kappa shape index (κ3) is 4.25. The monoisotopic (exact) mass is 251 g/mol. The molecule has 18 heavy (non-hydrogen) atoms. The van der Waals surface area contributed by atoms with Gasteiger partial charge < -0.3 is 9.47 Å². The summed E-state index contributed by atoms with van der Waals surface area (Å²) in [6, 6.07) is 4.84. The Hall–Kier alpha value is -2.37. The highest BCUT2D eigenvalue weighted by Crippen LogP contribution is 2.25. The minimum atomic E-state index is -0.575. The van der Waals surface area contributed by atoms with Gasteiger partial charge in [0.2, 0.25) is 6.20 Å². The van der Waals surface area contributed by atoms with Crippen LogP contribution < -0.4 is 9.47 Å². The Balaban J connectivity index is 2.99. The molecule has 6 heteroatoms. The van der Waals surface area contributed by atoms with Gasteiger partial charge in [0.05, 0.1) is 12.0 Å². The normalized spacial score (nSPS) is 10.3. The zero-order valence-electron chi connectivity index (χ0n) is 10.1. The van der Waals surface area contributed by atoms with E-state index in [0.29, 0.717) is 17.1 Å². The van der Waals surface area contributed by atoms with Gasteiger partial charge in [-0.1, -0.05) is 0 Å². The van der Waals surface area contributed by atoms with Crippen molar-refractivity contribution in [1.82, 2.24) is 0 Å². The molecule has 0 aliphatic rings. The first-order chi connectivity index (χ1) is 8.52. The fourth-order valence-corrected chi connectivity index (χ4v) is 1.24. The molecule has 0 aliphatic heterocycles. The molecule has 96 valence electrons. The summed E-state index contributed by atoms with van der Waals surface area (Å²) in [4.78, 5) is 20.6. The molecule has 0 saturated carbocycles. The smallest absolute Gasteiger partial charge is 0.235 e. The Morgan fingerprint density at radius 1 is 1.50 bits per heavy atom. The van der Waals surface area contributed by atoms with Crippen molar-refractivity contribution in [1.29, 1.82) is 0 Å². The molecule has 0 amide bonds. The number of Topliss-reactive ketones (excluding diaryl/α,β-unsaturated/α-hetero) is 1. The van der Waals surface area contributed by atoms with E-state index in [-0.39, 0.29) is 12.4 Å². The van der Waals surface area contributed by atoms with Crippen LogP contribution in [0.1, 0.15) is 12.5 Å². The van der Waals surface area contributed by atoms with Crippen LogP contribution in [-0.4, -0.2) is 24.4 Å². The predicted molar refractivity (Wildman–Crippen MR) is 65.2 cm³/mol. The second-order valence-corrected chi connectivity index (χ2v) is 3.50. The van der Waals surface area contributed by atoms with Gasteiger partial charge in [-0.2, -0.15) is 0 Å². The maximum absolute atomic E-state index is 10.8. The molecule has 0 fully saturated rings. The van der Waals surface area contributed by atoms with Crippen LogP contribution in [0.25, 0.3) is 6.08 Å². The fourth-order valence-electron chi connectivity index (χ4n) is 1.24. The molecular formula is C12H13NO5. The zero-order valence-corrected chi connectivity index (χ0v) is 10.1. The summed E-state index contributed by atoms with van der Waals surface area (Å²) in [5.74, 6) is 0.812. The summed E-state index contributed by atoms with van der Waals surface area (Å²) in [5, 5.41) is 10.3. The lowest BCUT2D eigenvalue weighted by Crippen LogP contribution is -2.07. The second kappa shape index (κ2) is 6.39. The summed E-state index contributed by atoms with van der Waals surface area (Å²) < 4.78 is 10.3. The first-order valence-corrected chi connectivity index (χ1v) is 5.15. The Bertz CT molecular complexity index is 481. The van der Waals surface area contributed by atoms with Crippen molar-refractivity contribution >= 4 is 11.9 Å². The molecule has 0 heterocycles. The molecule has 0 aliphatic carbocycles. The van der Waals surface area contributed by atoms with Gasteiger partial charge in [0.1, 0.15) is 18.1 Å². The number of nitrogens with zero attached hydrogens (tertiary/aromatic N) is 1. The molecule has 0 spiro atoms. The van der Waals surface area contributed by atoms with Crippen molar-refractivity contribution in [3.8, 4) is 11.5 Å². The lowest BCUT2D eigenvalue weighted by atomic mass is 10.2. The van der Waals surface area contributed by atoms with Gasteiger partial charge in [-0.25, -0.2) is 0 Å². The van der Waals surface area contributed by atoms with Crippen molar-refractivity contribution < 1.29 is 19.2 Å². The van der Waals surface area contributed by atoms with E-state index in [9.17, 15) is 14.9 Å². The fraction of sp³-hybridized carbons (Fsp3) is 0.250. The van der Waals surface area contributed by atoms with Crippen LogP contribution >= 0.6 is 0 Å². The number of carbonyl (C=O) groups excluding carboxylic acids is 1. The number of ether oxygens (including phenoxy) is 2. The van der Waals surface area contributed by atoms with Gasteiger partial charge in [0.25, 0.3) is 0 Å². The highest BCUT2D eigenvalue weighted by molar-refractivity contribution is 5.77. The molecule has 1 aromatic rings. The third-order valence-corrected chi connectivity index (χ3v) is 2.02. The minimum Gasteiger partial charge on any atom is -0.497 e. The highest BCUT2D eigenvalue weighted by Gasteiger charge is 2.05. The summed E-state index contributed by atoms with van der Waals surface area (Å²) in [6.45, 7) is 1.32. The van der Waals surface area contributed by atoms with Gasteiger partial charge in [-0.3, -0.25) is 14.9 Å². The molecule has 0 unspecified atom stereocenters. The molecule has 0 saturated heterocycles. The molecule has 0 radical (unpaired) electrons. The average molecular weight is 251 g/mol. The highest BCUT2D eigenvalue weighted by atomic mass is 16.6. The Labute approximate surface area is 104 Å².